The first-order valence-electron chi connectivity index (χ1n) is 8.66. The molecule has 0 unspecified atom stereocenters. The van der Waals surface area contributed by atoms with Crippen LogP contribution < -0.4 is 21.7 Å². The number of nitrogens with one attached hydrogen (secondary N) is 3. The second-order valence-electron chi connectivity index (χ2n) is 5.82. The van der Waals surface area contributed by atoms with Crippen molar-refractivity contribution in [3.63, 3.8) is 0 Å². The van der Waals surface area contributed by atoms with Crippen molar-refractivity contribution in [3.8, 4) is 0 Å². The molecule has 0 fully saturated rings. The fourth-order valence-electron chi connectivity index (χ4n) is 2.33. The SMILES string of the molecule is CN=C(NCCCn1cccn1)NCc1ccc(C(=O)NCC(N)=O)cc1. The molecular formula is C18H25N7O2. The fraction of sp³-hybridized carbons (Fsp3) is 0.333. The highest BCUT2D eigenvalue weighted by Gasteiger charge is 2.06. The van der Waals surface area contributed by atoms with Gasteiger partial charge in [0.1, 0.15) is 0 Å². The summed E-state index contributed by atoms with van der Waals surface area (Å²) in [5.74, 6) is -0.200. The largest absolute Gasteiger partial charge is 0.368 e. The Balaban J connectivity index is 1.72. The summed E-state index contributed by atoms with van der Waals surface area (Å²) in [5, 5.41) is 13.1. The molecule has 0 atom stereocenters. The number of nitrogens with two attached hydrogens (primary N) is 1. The van der Waals surface area contributed by atoms with E-state index in [9.17, 15) is 9.59 Å². The molecule has 0 spiro atoms. The monoisotopic (exact) mass is 371 g/mol. The Morgan fingerprint density at radius 1 is 1.19 bits per heavy atom. The number of carbonyl (C=O) groups excluding carboxylic acids is 2. The molecule has 0 aliphatic rings. The Morgan fingerprint density at radius 3 is 2.59 bits per heavy atom. The Bertz CT molecular complexity index is 755. The van der Waals surface area contributed by atoms with E-state index in [1.165, 1.54) is 0 Å². The number of amides is 2. The minimum Gasteiger partial charge on any atom is -0.368 e. The summed E-state index contributed by atoms with van der Waals surface area (Å²) in [6.07, 6.45) is 4.63. The van der Waals surface area contributed by atoms with Gasteiger partial charge in [0.15, 0.2) is 5.96 Å². The average molecular weight is 371 g/mol. The van der Waals surface area contributed by atoms with E-state index in [0.717, 1.165) is 25.1 Å². The summed E-state index contributed by atoms with van der Waals surface area (Å²) in [7, 11) is 1.72. The molecule has 1 aromatic heterocycles. The predicted molar refractivity (Wildman–Crippen MR) is 103 cm³/mol. The summed E-state index contributed by atoms with van der Waals surface area (Å²) < 4.78 is 1.89. The third-order valence-electron chi connectivity index (χ3n) is 3.74. The zero-order chi connectivity index (χ0) is 19.5. The van der Waals surface area contributed by atoms with E-state index in [2.05, 4.69) is 26.0 Å². The van der Waals surface area contributed by atoms with Crippen molar-refractivity contribution in [2.24, 2.45) is 10.7 Å². The first kappa shape index (κ1) is 20.0. The normalized spacial score (nSPS) is 11.1. The number of aromatic nitrogens is 2. The maximum atomic E-state index is 11.8. The standard InChI is InChI=1S/C18H25N7O2/c1-20-18(21-8-2-10-25-11-3-9-24-25)23-12-14-4-6-15(7-5-14)17(27)22-13-16(19)26/h3-7,9,11H,2,8,10,12-13H2,1H3,(H2,19,26)(H,22,27)(H2,20,21,23). The van der Waals surface area contributed by atoms with Crippen LogP contribution in [0.1, 0.15) is 22.3 Å². The number of nitrogens with zero attached hydrogens (tertiary/aromatic N) is 3. The third-order valence-corrected chi connectivity index (χ3v) is 3.74. The van der Waals surface area contributed by atoms with Crippen LogP contribution in [0.2, 0.25) is 0 Å². The minimum atomic E-state index is -0.576. The maximum absolute atomic E-state index is 11.8. The van der Waals surface area contributed by atoms with Crippen molar-refractivity contribution in [1.82, 2.24) is 25.7 Å². The zero-order valence-electron chi connectivity index (χ0n) is 15.3. The lowest BCUT2D eigenvalue weighted by Crippen LogP contribution is -2.37. The van der Waals surface area contributed by atoms with E-state index in [4.69, 9.17) is 5.73 Å². The Kier molecular flexibility index (Phi) is 7.83. The van der Waals surface area contributed by atoms with Crippen molar-refractivity contribution >= 4 is 17.8 Å². The van der Waals surface area contributed by atoms with E-state index in [0.29, 0.717) is 18.1 Å². The molecule has 0 radical (unpaired) electrons. The molecule has 1 heterocycles. The van der Waals surface area contributed by atoms with Crippen LogP contribution in [0.5, 0.6) is 0 Å². The van der Waals surface area contributed by atoms with Crippen molar-refractivity contribution < 1.29 is 9.59 Å². The molecular weight excluding hydrogens is 346 g/mol. The van der Waals surface area contributed by atoms with E-state index in [-0.39, 0.29) is 12.5 Å². The summed E-state index contributed by atoms with van der Waals surface area (Å²) in [6.45, 7) is 2.02. The molecule has 5 N–H and O–H groups in total. The number of carbonyl (C=O) groups is 2. The molecule has 2 amide bonds. The molecule has 144 valence electrons. The summed E-state index contributed by atoms with van der Waals surface area (Å²) in [5.41, 5.74) is 6.48. The van der Waals surface area contributed by atoms with Crippen molar-refractivity contribution in [3.05, 3.63) is 53.9 Å². The average Bonchev–Trinajstić information content (AvgIpc) is 3.19. The maximum Gasteiger partial charge on any atom is 0.251 e. The number of hydrogen-bond donors (Lipinski definition) is 4. The smallest absolute Gasteiger partial charge is 0.251 e. The first-order valence-corrected chi connectivity index (χ1v) is 8.66. The summed E-state index contributed by atoms with van der Waals surface area (Å²) in [4.78, 5) is 26.7. The highest BCUT2D eigenvalue weighted by molar-refractivity contribution is 5.96. The van der Waals surface area contributed by atoms with E-state index >= 15 is 0 Å². The minimum absolute atomic E-state index is 0.176. The lowest BCUT2D eigenvalue weighted by Gasteiger charge is -2.12. The predicted octanol–water partition coefficient (Wildman–Crippen LogP) is -0.146. The Hall–Kier alpha value is -3.36. The number of aliphatic imine (C=N–C) groups is 1. The van der Waals surface area contributed by atoms with Gasteiger partial charge in [-0.25, -0.2) is 0 Å². The molecule has 9 heteroatoms. The number of primary amides is 1. The molecule has 0 saturated carbocycles. The molecule has 2 rings (SSSR count). The van der Waals surface area contributed by atoms with Gasteiger partial charge in [-0.05, 0) is 30.2 Å². The molecule has 0 aliphatic heterocycles. The van der Waals surface area contributed by atoms with Crippen molar-refractivity contribution in [2.75, 3.05) is 20.1 Å². The molecule has 0 bridgehead atoms. The van der Waals surface area contributed by atoms with E-state index < -0.39 is 5.91 Å². The number of aryl methyl sites for hydroxylation is 1. The van der Waals surface area contributed by atoms with Gasteiger partial charge in [0.2, 0.25) is 5.91 Å². The van der Waals surface area contributed by atoms with Gasteiger partial charge in [0, 0.05) is 44.6 Å². The zero-order valence-corrected chi connectivity index (χ0v) is 15.3. The number of rotatable bonds is 9. The van der Waals surface area contributed by atoms with Crippen LogP contribution in [0.3, 0.4) is 0 Å². The van der Waals surface area contributed by atoms with Crippen LogP contribution >= 0.6 is 0 Å². The summed E-state index contributed by atoms with van der Waals surface area (Å²) >= 11 is 0. The number of guanidine groups is 1. The second kappa shape index (κ2) is 10.6. The van der Waals surface area contributed by atoms with Gasteiger partial charge in [-0.15, -0.1) is 0 Å². The van der Waals surface area contributed by atoms with Gasteiger partial charge in [0.05, 0.1) is 6.54 Å². The highest BCUT2D eigenvalue weighted by atomic mass is 16.2. The molecule has 0 aliphatic carbocycles. The van der Waals surface area contributed by atoms with Gasteiger partial charge in [-0.3, -0.25) is 19.3 Å². The lowest BCUT2D eigenvalue weighted by atomic mass is 10.1. The Labute approximate surface area is 158 Å². The summed E-state index contributed by atoms with van der Waals surface area (Å²) in [6, 6.07) is 9.00. The van der Waals surface area contributed by atoms with Gasteiger partial charge < -0.3 is 21.7 Å². The second-order valence-corrected chi connectivity index (χ2v) is 5.82. The molecule has 1 aromatic carbocycles. The Morgan fingerprint density at radius 2 is 1.96 bits per heavy atom. The van der Waals surface area contributed by atoms with Gasteiger partial charge in [-0.2, -0.15) is 5.10 Å². The molecule has 27 heavy (non-hydrogen) atoms. The van der Waals surface area contributed by atoms with Crippen LogP contribution in [-0.4, -0.2) is 47.7 Å². The van der Waals surface area contributed by atoms with Crippen LogP contribution in [-0.2, 0) is 17.9 Å². The van der Waals surface area contributed by atoms with Crippen LogP contribution in [0, 0.1) is 0 Å². The topological polar surface area (TPSA) is 126 Å². The fourth-order valence-corrected chi connectivity index (χ4v) is 2.33. The van der Waals surface area contributed by atoms with Crippen molar-refractivity contribution in [1.29, 1.82) is 0 Å². The molecule has 0 saturated heterocycles. The highest BCUT2D eigenvalue weighted by Crippen LogP contribution is 2.04. The van der Waals surface area contributed by atoms with Crippen LogP contribution in [0.4, 0.5) is 0 Å². The van der Waals surface area contributed by atoms with Gasteiger partial charge in [-0.1, -0.05) is 12.1 Å². The van der Waals surface area contributed by atoms with Crippen LogP contribution in [0.15, 0.2) is 47.7 Å². The third kappa shape index (κ3) is 7.18. The molecule has 9 nitrogen and oxygen atoms in total. The first-order chi connectivity index (χ1) is 13.1. The van der Waals surface area contributed by atoms with E-state index in [1.54, 1.807) is 25.4 Å². The lowest BCUT2D eigenvalue weighted by molar-refractivity contribution is -0.117. The van der Waals surface area contributed by atoms with Gasteiger partial charge >= 0.3 is 0 Å². The van der Waals surface area contributed by atoms with E-state index in [1.807, 2.05) is 29.1 Å². The quantitative estimate of drug-likeness (QED) is 0.277. The number of benzene rings is 1. The number of hydrogen-bond acceptors (Lipinski definition) is 4. The molecule has 2 aromatic rings. The van der Waals surface area contributed by atoms with Crippen molar-refractivity contribution in [2.45, 2.75) is 19.5 Å². The van der Waals surface area contributed by atoms with Crippen LogP contribution in [0.25, 0.3) is 0 Å². The van der Waals surface area contributed by atoms with Gasteiger partial charge in [0.25, 0.3) is 5.91 Å².